The van der Waals surface area contributed by atoms with Crippen molar-refractivity contribution in [2.45, 2.75) is 19.3 Å². The van der Waals surface area contributed by atoms with Crippen molar-refractivity contribution in [1.82, 2.24) is 10.3 Å². The summed E-state index contributed by atoms with van der Waals surface area (Å²) in [5, 5.41) is 2.73. The first-order valence-electron chi connectivity index (χ1n) is 8.51. The summed E-state index contributed by atoms with van der Waals surface area (Å²) >= 11 is 0. The molecular formula is C20H20N2O4. The second kappa shape index (κ2) is 8.80. The van der Waals surface area contributed by atoms with E-state index in [-0.39, 0.29) is 18.9 Å². The fourth-order valence-electron chi connectivity index (χ4n) is 2.50. The molecule has 0 saturated carbocycles. The molecule has 1 aromatic heterocycles. The number of nitrogens with zero attached hydrogens (tertiary/aromatic N) is 1. The second-order valence-corrected chi connectivity index (χ2v) is 5.82. The summed E-state index contributed by atoms with van der Waals surface area (Å²) in [6.07, 6.45) is 1.19. The summed E-state index contributed by atoms with van der Waals surface area (Å²) < 4.78 is 10.5. The van der Waals surface area contributed by atoms with Gasteiger partial charge in [0.2, 0.25) is 0 Å². The lowest BCUT2D eigenvalue weighted by molar-refractivity contribution is -0.148. The van der Waals surface area contributed by atoms with Gasteiger partial charge in [-0.2, -0.15) is 0 Å². The Labute approximate surface area is 151 Å². The van der Waals surface area contributed by atoms with Crippen LogP contribution in [0.3, 0.4) is 0 Å². The molecule has 134 valence electrons. The lowest BCUT2D eigenvalue weighted by Crippen LogP contribution is -2.30. The van der Waals surface area contributed by atoms with Crippen LogP contribution < -0.4 is 5.32 Å². The molecule has 0 aliphatic carbocycles. The number of esters is 1. The molecule has 1 amide bonds. The molecule has 26 heavy (non-hydrogen) atoms. The summed E-state index contributed by atoms with van der Waals surface area (Å²) in [7, 11) is 0. The Balaban J connectivity index is 1.33. The molecule has 1 heterocycles. The molecule has 6 heteroatoms. The van der Waals surface area contributed by atoms with Crippen molar-refractivity contribution in [3.8, 4) is 0 Å². The van der Waals surface area contributed by atoms with E-state index in [1.54, 1.807) is 0 Å². The van der Waals surface area contributed by atoms with E-state index in [2.05, 4.69) is 10.3 Å². The van der Waals surface area contributed by atoms with Gasteiger partial charge in [0.1, 0.15) is 5.52 Å². The molecular weight excluding hydrogens is 332 g/mol. The molecule has 0 spiro atoms. The van der Waals surface area contributed by atoms with Gasteiger partial charge in [-0.3, -0.25) is 9.59 Å². The van der Waals surface area contributed by atoms with Gasteiger partial charge in [0.25, 0.3) is 5.91 Å². The molecule has 0 saturated heterocycles. The molecule has 0 bridgehead atoms. The fourth-order valence-corrected chi connectivity index (χ4v) is 2.50. The molecule has 0 atom stereocenters. The molecule has 0 aliphatic rings. The third kappa shape index (κ3) is 5.17. The summed E-state index contributed by atoms with van der Waals surface area (Å²) in [6, 6.07) is 17.3. The number of aryl methyl sites for hydroxylation is 1. The van der Waals surface area contributed by atoms with E-state index in [0.29, 0.717) is 24.4 Å². The zero-order chi connectivity index (χ0) is 18.2. The third-order valence-electron chi connectivity index (χ3n) is 3.82. The maximum atomic E-state index is 11.8. The number of amides is 1. The monoisotopic (exact) mass is 352 g/mol. The third-order valence-corrected chi connectivity index (χ3v) is 3.82. The normalized spacial score (nSPS) is 10.6. The van der Waals surface area contributed by atoms with E-state index in [0.717, 1.165) is 17.5 Å². The molecule has 6 nitrogen and oxygen atoms in total. The predicted octanol–water partition coefficient (Wildman–Crippen LogP) is 2.66. The Hall–Kier alpha value is -3.15. The van der Waals surface area contributed by atoms with Crippen molar-refractivity contribution in [2.24, 2.45) is 0 Å². The van der Waals surface area contributed by atoms with Crippen molar-refractivity contribution >= 4 is 23.0 Å². The number of benzene rings is 2. The van der Waals surface area contributed by atoms with Gasteiger partial charge < -0.3 is 14.5 Å². The Bertz CT molecular complexity index is 841. The number of oxazole rings is 1. The number of nitrogens with one attached hydrogen (secondary N) is 1. The highest BCUT2D eigenvalue weighted by Gasteiger charge is 2.11. The van der Waals surface area contributed by atoms with Crippen LogP contribution in [0.25, 0.3) is 11.1 Å². The molecule has 3 aromatic rings. The summed E-state index contributed by atoms with van der Waals surface area (Å²) in [6.45, 7) is 0.227. The fraction of sp³-hybridized carbons (Fsp3) is 0.250. The van der Waals surface area contributed by atoms with Crippen molar-refractivity contribution in [3.63, 3.8) is 0 Å². The first-order valence-corrected chi connectivity index (χ1v) is 8.51. The maximum absolute atomic E-state index is 11.8. The number of hydrogen-bond donors (Lipinski definition) is 1. The van der Waals surface area contributed by atoms with Crippen LogP contribution in [0, 0.1) is 0 Å². The van der Waals surface area contributed by atoms with E-state index in [4.69, 9.17) is 9.15 Å². The van der Waals surface area contributed by atoms with Crippen LogP contribution in [0.15, 0.2) is 59.0 Å². The summed E-state index contributed by atoms with van der Waals surface area (Å²) in [5.41, 5.74) is 2.59. The zero-order valence-corrected chi connectivity index (χ0v) is 14.3. The molecule has 0 unspecified atom stereocenters. The molecule has 3 rings (SSSR count). The first-order chi connectivity index (χ1) is 12.7. The van der Waals surface area contributed by atoms with E-state index >= 15 is 0 Å². The first kappa shape index (κ1) is 17.7. The highest BCUT2D eigenvalue weighted by Crippen LogP contribution is 2.15. The number of ether oxygens (including phenoxy) is 1. The van der Waals surface area contributed by atoms with Gasteiger partial charge in [-0.25, -0.2) is 4.98 Å². The van der Waals surface area contributed by atoms with Crippen LogP contribution >= 0.6 is 0 Å². The number of carbonyl (C=O) groups is 2. The van der Waals surface area contributed by atoms with Crippen LogP contribution in [-0.2, 0) is 27.2 Å². The van der Waals surface area contributed by atoms with Crippen molar-refractivity contribution in [1.29, 1.82) is 0 Å². The molecule has 2 aromatic carbocycles. The SMILES string of the molecule is O=C(COC(=O)CCc1nc2ccccc2o1)NCCc1ccccc1. The summed E-state index contributed by atoms with van der Waals surface area (Å²) in [4.78, 5) is 27.8. The standard InChI is InChI=1S/C20H20N2O4/c23-18(21-13-12-15-6-2-1-3-7-15)14-25-20(24)11-10-19-22-16-8-4-5-9-17(16)26-19/h1-9H,10-14H2,(H,21,23). The highest BCUT2D eigenvalue weighted by atomic mass is 16.5. The Morgan fingerprint density at radius 2 is 1.77 bits per heavy atom. The highest BCUT2D eigenvalue weighted by molar-refractivity contribution is 5.80. The Kier molecular flexibility index (Phi) is 5.98. The van der Waals surface area contributed by atoms with Gasteiger partial charge in [0.15, 0.2) is 18.1 Å². The number of aromatic nitrogens is 1. The van der Waals surface area contributed by atoms with Crippen molar-refractivity contribution < 1.29 is 18.7 Å². The smallest absolute Gasteiger partial charge is 0.306 e. The van der Waals surface area contributed by atoms with Gasteiger partial charge in [0, 0.05) is 13.0 Å². The number of fused-ring (bicyclic) bond motifs is 1. The van der Waals surface area contributed by atoms with Crippen LogP contribution in [0.1, 0.15) is 17.9 Å². The van der Waals surface area contributed by atoms with Gasteiger partial charge in [-0.05, 0) is 24.1 Å². The van der Waals surface area contributed by atoms with Gasteiger partial charge in [-0.1, -0.05) is 42.5 Å². The van der Waals surface area contributed by atoms with Crippen molar-refractivity contribution in [2.75, 3.05) is 13.2 Å². The van der Waals surface area contributed by atoms with E-state index in [1.165, 1.54) is 0 Å². The minimum atomic E-state index is -0.453. The second-order valence-electron chi connectivity index (χ2n) is 5.82. The summed E-state index contributed by atoms with van der Waals surface area (Å²) in [5.74, 6) is -0.280. The van der Waals surface area contributed by atoms with E-state index < -0.39 is 5.97 Å². The van der Waals surface area contributed by atoms with E-state index in [1.807, 2.05) is 54.6 Å². The Morgan fingerprint density at radius 3 is 2.58 bits per heavy atom. The van der Waals surface area contributed by atoms with Crippen LogP contribution in [0.4, 0.5) is 0 Å². The lowest BCUT2D eigenvalue weighted by Gasteiger charge is -2.06. The minimum Gasteiger partial charge on any atom is -0.456 e. The number of para-hydroxylation sites is 2. The largest absolute Gasteiger partial charge is 0.456 e. The number of rotatable bonds is 8. The molecule has 0 radical (unpaired) electrons. The average molecular weight is 352 g/mol. The maximum Gasteiger partial charge on any atom is 0.306 e. The quantitative estimate of drug-likeness (QED) is 0.630. The van der Waals surface area contributed by atoms with Gasteiger partial charge in [-0.15, -0.1) is 0 Å². The van der Waals surface area contributed by atoms with Gasteiger partial charge in [0.05, 0.1) is 6.42 Å². The molecule has 0 aliphatic heterocycles. The zero-order valence-electron chi connectivity index (χ0n) is 14.3. The van der Waals surface area contributed by atoms with Crippen LogP contribution in [-0.4, -0.2) is 30.0 Å². The van der Waals surface area contributed by atoms with Crippen LogP contribution in [0.5, 0.6) is 0 Å². The number of carbonyl (C=O) groups excluding carboxylic acids is 2. The average Bonchev–Trinajstić information content (AvgIpc) is 3.08. The molecule has 1 N–H and O–H groups in total. The topological polar surface area (TPSA) is 81.4 Å². The lowest BCUT2D eigenvalue weighted by atomic mass is 10.1. The van der Waals surface area contributed by atoms with E-state index in [9.17, 15) is 9.59 Å². The van der Waals surface area contributed by atoms with Gasteiger partial charge >= 0.3 is 5.97 Å². The number of hydrogen-bond acceptors (Lipinski definition) is 5. The predicted molar refractivity (Wildman–Crippen MR) is 96.4 cm³/mol. The molecule has 0 fully saturated rings. The van der Waals surface area contributed by atoms with Crippen molar-refractivity contribution in [3.05, 3.63) is 66.1 Å². The minimum absolute atomic E-state index is 0.115. The Morgan fingerprint density at radius 1 is 1.00 bits per heavy atom. The van der Waals surface area contributed by atoms with Crippen LogP contribution in [0.2, 0.25) is 0 Å².